The van der Waals surface area contributed by atoms with Gasteiger partial charge in [-0.3, -0.25) is 9.59 Å². The van der Waals surface area contributed by atoms with Crippen molar-refractivity contribution in [3.05, 3.63) is 65.2 Å². The van der Waals surface area contributed by atoms with E-state index >= 15 is 0 Å². The molecule has 188 valence electrons. The van der Waals surface area contributed by atoms with Gasteiger partial charge in [0.2, 0.25) is 5.91 Å². The molecular formula is C24H25F3N2O5S. The minimum absolute atomic E-state index is 0.0101. The first kappa shape index (κ1) is 25.2. The second-order valence-corrected chi connectivity index (χ2v) is 10.9. The van der Waals surface area contributed by atoms with Crippen molar-refractivity contribution < 1.29 is 35.9 Å². The minimum Gasteiger partial charge on any atom is -0.381 e. The van der Waals surface area contributed by atoms with Gasteiger partial charge in [-0.15, -0.1) is 0 Å². The van der Waals surface area contributed by atoms with E-state index in [1.807, 2.05) is 0 Å². The Labute approximate surface area is 201 Å². The van der Waals surface area contributed by atoms with Gasteiger partial charge in [-0.2, -0.15) is 13.2 Å². The van der Waals surface area contributed by atoms with Crippen LogP contribution < -0.4 is 5.32 Å². The fourth-order valence-electron chi connectivity index (χ4n) is 4.36. The molecule has 2 atom stereocenters. The SMILES string of the molecule is CS(=O)(=O)c1cccc(C(=O)N2CCC[C@@H]2C(=O)NC(c2ccc(C(F)(F)F)cc2)C2COC2)c1. The molecule has 0 spiro atoms. The molecule has 2 heterocycles. The highest BCUT2D eigenvalue weighted by Crippen LogP contribution is 2.33. The van der Waals surface area contributed by atoms with Crippen molar-refractivity contribution in [1.29, 1.82) is 0 Å². The van der Waals surface area contributed by atoms with E-state index in [0.717, 1.165) is 18.4 Å². The Morgan fingerprint density at radius 2 is 1.80 bits per heavy atom. The van der Waals surface area contributed by atoms with Gasteiger partial charge in [-0.05, 0) is 48.7 Å². The van der Waals surface area contributed by atoms with E-state index in [9.17, 15) is 31.2 Å². The maximum Gasteiger partial charge on any atom is 0.416 e. The number of nitrogens with zero attached hydrogens (tertiary/aromatic N) is 1. The van der Waals surface area contributed by atoms with Gasteiger partial charge in [0.25, 0.3) is 5.91 Å². The summed E-state index contributed by atoms with van der Waals surface area (Å²) in [6.07, 6.45) is -2.40. The maximum atomic E-state index is 13.3. The summed E-state index contributed by atoms with van der Waals surface area (Å²) in [4.78, 5) is 27.8. The number of amides is 2. The molecule has 2 fully saturated rings. The number of ether oxygens (including phenoxy) is 1. The molecule has 1 unspecified atom stereocenters. The van der Waals surface area contributed by atoms with E-state index in [4.69, 9.17) is 4.74 Å². The molecule has 0 saturated carbocycles. The first-order chi connectivity index (χ1) is 16.4. The summed E-state index contributed by atoms with van der Waals surface area (Å²) < 4.78 is 67.9. The van der Waals surface area contributed by atoms with Crippen molar-refractivity contribution in [2.75, 3.05) is 26.0 Å². The summed E-state index contributed by atoms with van der Waals surface area (Å²) in [6, 6.07) is 8.99. The molecule has 4 rings (SSSR count). The highest BCUT2D eigenvalue weighted by atomic mass is 32.2. The maximum absolute atomic E-state index is 13.3. The zero-order valence-corrected chi connectivity index (χ0v) is 19.7. The molecule has 11 heteroatoms. The first-order valence-corrected chi connectivity index (χ1v) is 13.0. The third kappa shape index (κ3) is 5.51. The minimum atomic E-state index is -4.46. The van der Waals surface area contributed by atoms with Crippen LogP contribution in [0.1, 0.15) is 40.4 Å². The van der Waals surface area contributed by atoms with Gasteiger partial charge in [0.05, 0.1) is 29.7 Å². The van der Waals surface area contributed by atoms with Crippen LogP contribution in [0.4, 0.5) is 13.2 Å². The Kier molecular flexibility index (Phi) is 6.92. The van der Waals surface area contributed by atoms with Crippen LogP contribution >= 0.6 is 0 Å². The van der Waals surface area contributed by atoms with E-state index in [2.05, 4.69) is 5.32 Å². The largest absolute Gasteiger partial charge is 0.416 e. The molecular weight excluding hydrogens is 485 g/mol. The van der Waals surface area contributed by atoms with Gasteiger partial charge in [0, 0.05) is 24.3 Å². The average Bonchev–Trinajstić information content (AvgIpc) is 3.26. The monoisotopic (exact) mass is 510 g/mol. The van der Waals surface area contributed by atoms with Crippen molar-refractivity contribution >= 4 is 21.7 Å². The molecule has 2 saturated heterocycles. The summed E-state index contributed by atoms with van der Waals surface area (Å²) in [5.74, 6) is -0.967. The van der Waals surface area contributed by atoms with E-state index in [-0.39, 0.29) is 16.4 Å². The highest BCUT2D eigenvalue weighted by Gasteiger charge is 2.38. The fraction of sp³-hybridized carbons (Fsp3) is 0.417. The number of carbonyl (C=O) groups excluding carboxylic acids is 2. The predicted octanol–water partition coefficient (Wildman–Crippen LogP) is 3.22. The standard InChI is InChI=1S/C24H25F3N2O5S/c1-35(32,33)19-5-2-4-16(12-19)23(31)29-11-3-6-20(29)22(30)28-21(17-13-34-14-17)15-7-9-18(10-8-15)24(25,26)27/h2,4-5,7-10,12,17,20-21H,3,6,11,13-14H2,1H3,(H,28,30)/t20-,21?/m1/s1. The van der Waals surface area contributed by atoms with Crippen LogP contribution in [0.5, 0.6) is 0 Å². The van der Waals surface area contributed by atoms with Crippen LogP contribution in [-0.2, 0) is 25.5 Å². The van der Waals surface area contributed by atoms with Gasteiger partial charge in [0.15, 0.2) is 9.84 Å². The quantitative estimate of drug-likeness (QED) is 0.644. The van der Waals surface area contributed by atoms with Gasteiger partial charge in [0.1, 0.15) is 6.04 Å². The third-order valence-corrected chi connectivity index (χ3v) is 7.47. The van der Waals surface area contributed by atoms with Crippen LogP contribution in [0.3, 0.4) is 0 Å². The molecule has 7 nitrogen and oxygen atoms in total. The van der Waals surface area contributed by atoms with Gasteiger partial charge in [-0.25, -0.2) is 8.42 Å². The number of alkyl halides is 3. The Bertz CT molecular complexity index is 1210. The van der Waals surface area contributed by atoms with E-state index in [0.29, 0.717) is 38.2 Å². The topological polar surface area (TPSA) is 92.8 Å². The van der Waals surface area contributed by atoms with Crippen LogP contribution in [0, 0.1) is 5.92 Å². The van der Waals surface area contributed by atoms with Gasteiger partial charge < -0.3 is 15.0 Å². The highest BCUT2D eigenvalue weighted by molar-refractivity contribution is 7.90. The van der Waals surface area contributed by atoms with Crippen LogP contribution in [0.15, 0.2) is 53.4 Å². The van der Waals surface area contributed by atoms with Crippen LogP contribution in [0.2, 0.25) is 0 Å². The molecule has 0 bridgehead atoms. The molecule has 2 aliphatic rings. The second kappa shape index (κ2) is 9.62. The van der Waals surface area contributed by atoms with Crippen LogP contribution in [-0.4, -0.2) is 57.2 Å². The number of carbonyl (C=O) groups is 2. The number of likely N-dealkylation sites (tertiary alicyclic amines) is 1. The number of benzene rings is 2. The zero-order chi connectivity index (χ0) is 25.4. The number of rotatable bonds is 6. The zero-order valence-electron chi connectivity index (χ0n) is 18.9. The van der Waals surface area contributed by atoms with E-state index in [1.165, 1.54) is 41.3 Å². The van der Waals surface area contributed by atoms with Gasteiger partial charge >= 0.3 is 6.18 Å². The number of sulfone groups is 1. The first-order valence-electron chi connectivity index (χ1n) is 11.1. The summed E-state index contributed by atoms with van der Waals surface area (Å²) in [6.45, 7) is 1.05. The number of hydrogen-bond donors (Lipinski definition) is 1. The molecule has 0 aromatic heterocycles. The lowest BCUT2D eigenvalue weighted by Crippen LogP contribution is -2.50. The molecule has 0 radical (unpaired) electrons. The van der Waals surface area contributed by atoms with Crippen molar-refractivity contribution in [3.63, 3.8) is 0 Å². The number of halogens is 3. The number of nitrogens with one attached hydrogen (secondary N) is 1. The Morgan fingerprint density at radius 3 is 2.37 bits per heavy atom. The lowest BCUT2D eigenvalue weighted by atomic mass is 9.90. The summed E-state index contributed by atoms with van der Waals surface area (Å²) in [7, 11) is -3.51. The smallest absolute Gasteiger partial charge is 0.381 e. The van der Waals surface area contributed by atoms with E-state index in [1.54, 1.807) is 0 Å². The molecule has 2 aromatic rings. The van der Waals surface area contributed by atoms with Gasteiger partial charge in [-0.1, -0.05) is 18.2 Å². The molecule has 2 aromatic carbocycles. The molecule has 0 aliphatic carbocycles. The molecule has 35 heavy (non-hydrogen) atoms. The Morgan fingerprint density at radius 1 is 1.11 bits per heavy atom. The summed E-state index contributed by atoms with van der Waals surface area (Å²) in [5, 5.41) is 2.92. The third-order valence-electron chi connectivity index (χ3n) is 6.36. The average molecular weight is 511 g/mol. The van der Waals surface area contributed by atoms with Crippen molar-refractivity contribution in [2.24, 2.45) is 5.92 Å². The Balaban J connectivity index is 1.52. The molecule has 2 amide bonds. The second-order valence-electron chi connectivity index (χ2n) is 8.86. The predicted molar refractivity (Wildman–Crippen MR) is 120 cm³/mol. The lowest BCUT2D eigenvalue weighted by Gasteiger charge is -2.36. The van der Waals surface area contributed by atoms with Crippen molar-refractivity contribution in [3.8, 4) is 0 Å². The number of hydrogen-bond acceptors (Lipinski definition) is 5. The molecule has 1 N–H and O–H groups in total. The summed E-state index contributed by atoms with van der Waals surface area (Å²) in [5.41, 5.74) is -0.0873. The Hall–Kier alpha value is -2.92. The van der Waals surface area contributed by atoms with E-state index < -0.39 is 45.5 Å². The van der Waals surface area contributed by atoms with Crippen LogP contribution in [0.25, 0.3) is 0 Å². The fourth-order valence-corrected chi connectivity index (χ4v) is 5.02. The van der Waals surface area contributed by atoms with Crippen molar-refractivity contribution in [1.82, 2.24) is 10.2 Å². The molecule has 2 aliphatic heterocycles. The normalized spacial score (nSPS) is 19.8. The van der Waals surface area contributed by atoms with Crippen molar-refractivity contribution in [2.45, 2.75) is 36.0 Å². The summed E-state index contributed by atoms with van der Waals surface area (Å²) >= 11 is 0. The lowest BCUT2D eigenvalue weighted by molar-refractivity contribution is -0.137.